The number of amides is 1. The summed E-state index contributed by atoms with van der Waals surface area (Å²) in [5.74, 6) is -0.109. The molecule has 1 aliphatic heterocycles. The van der Waals surface area contributed by atoms with Gasteiger partial charge in [0.05, 0.1) is 31.1 Å². The SMILES string of the molecule is CCOC(=O)C1CCN(C(=O)C(C)N(c2ccc(OCC)cc2)S(C)(=O)=O)CC1. The minimum atomic E-state index is -3.69. The van der Waals surface area contributed by atoms with Crippen molar-refractivity contribution in [3.8, 4) is 5.75 Å². The van der Waals surface area contributed by atoms with Crippen LogP contribution < -0.4 is 9.04 Å². The first-order valence-corrected chi connectivity index (χ1v) is 11.7. The molecule has 1 aliphatic rings. The molecule has 0 N–H and O–H groups in total. The van der Waals surface area contributed by atoms with Crippen LogP contribution in [0.5, 0.6) is 5.75 Å². The molecule has 0 radical (unpaired) electrons. The van der Waals surface area contributed by atoms with Crippen molar-refractivity contribution >= 4 is 27.6 Å². The first kappa shape index (κ1) is 23.0. The van der Waals surface area contributed by atoms with Gasteiger partial charge in [0.25, 0.3) is 0 Å². The molecule has 0 spiro atoms. The van der Waals surface area contributed by atoms with E-state index in [0.717, 1.165) is 10.6 Å². The molecule has 1 aromatic rings. The van der Waals surface area contributed by atoms with Crippen LogP contribution in [-0.4, -0.2) is 63.8 Å². The number of carbonyl (C=O) groups excluding carboxylic acids is 2. The number of anilines is 1. The summed E-state index contributed by atoms with van der Waals surface area (Å²) in [6, 6.07) is 5.71. The van der Waals surface area contributed by atoms with Crippen LogP contribution in [0.2, 0.25) is 0 Å². The Kier molecular flexibility index (Phi) is 7.89. The Morgan fingerprint density at radius 1 is 1.14 bits per heavy atom. The molecule has 0 saturated carbocycles. The van der Waals surface area contributed by atoms with Crippen LogP contribution in [0.15, 0.2) is 24.3 Å². The van der Waals surface area contributed by atoms with Crippen LogP contribution in [0.25, 0.3) is 0 Å². The predicted octanol–water partition coefficient (Wildman–Crippen LogP) is 2.04. The second-order valence-electron chi connectivity index (χ2n) is 7.01. The summed E-state index contributed by atoms with van der Waals surface area (Å²) >= 11 is 0. The highest BCUT2D eigenvalue weighted by molar-refractivity contribution is 7.92. The third-order valence-corrected chi connectivity index (χ3v) is 6.14. The van der Waals surface area contributed by atoms with Gasteiger partial charge < -0.3 is 14.4 Å². The lowest BCUT2D eigenvalue weighted by Gasteiger charge is -2.36. The Morgan fingerprint density at radius 3 is 2.21 bits per heavy atom. The predicted molar refractivity (Wildman–Crippen MR) is 110 cm³/mol. The van der Waals surface area contributed by atoms with E-state index in [1.165, 1.54) is 0 Å². The van der Waals surface area contributed by atoms with E-state index in [-0.39, 0.29) is 17.8 Å². The number of piperidine rings is 1. The van der Waals surface area contributed by atoms with Gasteiger partial charge in [0, 0.05) is 13.1 Å². The number of sulfonamides is 1. The molecule has 0 bridgehead atoms. The van der Waals surface area contributed by atoms with Gasteiger partial charge in [0.1, 0.15) is 11.8 Å². The van der Waals surface area contributed by atoms with Crippen molar-refractivity contribution in [2.75, 3.05) is 36.9 Å². The molecule has 1 amide bonds. The summed E-state index contributed by atoms with van der Waals surface area (Å²) in [6.07, 6.45) is 2.11. The Hall–Kier alpha value is -2.29. The molecule has 0 aliphatic carbocycles. The molecule has 162 valence electrons. The average molecular weight is 427 g/mol. The van der Waals surface area contributed by atoms with Gasteiger partial charge in [-0.2, -0.15) is 0 Å². The Balaban J connectivity index is 2.12. The standard InChI is InChI=1S/C20H30N2O6S/c1-5-27-18-9-7-17(8-10-18)22(29(4,25)26)15(3)19(23)21-13-11-16(12-14-21)20(24)28-6-2/h7-10,15-16H,5-6,11-14H2,1-4H3. The van der Waals surface area contributed by atoms with E-state index in [2.05, 4.69) is 0 Å². The summed E-state index contributed by atoms with van der Waals surface area (Å²) in [5.41, 5.74) is 0.401. The summed E-state index contributed by atoms with van der Waals surface area (Å²) in [7, 11) is -3.69. The Labute approximate surface area is 172 Å². The van der Waals surface area contributed by atoms with Crippen molar-refractivity contribution in [2.45, 2.75) is 39.7 Å². The highest BCUT2D eigenvalue weighted by Gasteiger charge is 2.35. The maximum absolute atomic E-state index is 13.0. The molecule has 1 atom stereocenters. The van der Waals surface area contributed by atoms with E-state index < -0.39 is 16.1 Å². The van der Waals surface area contributed by atoms with Crippen LogP contribution in [0.3, 0.4) is 0 Å². The second-order valence-corrected chi connectivity index (χ2v) is 8.87. The van der Waals surface area contributed by atoms with Gasteiger partial charge in [0.2, 0.25) is 15.9 Å². The largest absolute Gasteiger partial charge is 0.494 e. The number of carbonyl (C=O) groups is 2. The van der Waals surface area contributed by atoms with Crippen molar-refractivity contribution in [3.05, 3.63) is 24.3 Å². The van der Waals surface area contributed by atoms with E-state index in [1.807, 2.05) is 6.92 Å². The lowest BCUT2D eigenvalue weighted by Crippen LogP contribution is -2.51. The lowest BCUT2D eigenvalue weighted by molar-refractivity contribution is -0.151. The molecule has 1 heterocycles. The molecule has 29 heavy (non-hydrogen) atoms. The summed E-state index contributed by atoms with van der Waals surface area (Å²) < 4.78 is 36.5. The number of likely N-dealkylation sites (tertiary alicyclic amines) is 1. The molecule has 8 nitrogen and oxygen atoms in total. The zero-order chi connectivity index (χ0) is 21.6. The first-order chi connectivity index (χ1) is 13.7. The Bertz CT molecular complexity index is 801. The molecular formula is C20H30N2O6S. The molecular weight excluding hydrogens is 396 g/mol. The highest BCUT2D eigenvalue weighted by atomic mass is 32.2. The third kappa shape index (κ3) is 5.85. The number of ether oxygens (including phenoxy) is 2. The van der Waals surface area contributed by atoms with Gasteiger partial charge in [0.15, 0.2) is 0 Å². The number of hydrogen-bond donors (Lipinski definition) is 0. The van der Waals surface area contributed by atoms with Crippen LogP contribution in [0, 0.1) is 5.92 Å². The van der Waals surface area contributed by atoms with E-state index >= 15 is 0 Å². The fraction of sp³-hybridized carbons (Fsp3) is 0.600. The molecule has 9 heteroatoms. The van der Waals surface area contributed by atoms with E-state index in [0.29, 0.717) is 50.6 Å². The topological polar surface area (TPSA) is 93.2 Å². The molecule has 1 unspecified atom stereocenters. The van der Waals surface area contributed by atoms with Gasteiger partial charge in [-0.1, -0.05) is 0 Å². The zero-order valence-electron chi connectivity index (χ0n) is 17.5. The number of rotatable bonds is 8. The maximum Gasteiger partial charge on any atom is 0.309 e. The van der Waals surface area contributed by atoms with Gasteiger partial charge in [-0.3, -0.25) is 13.9 Å². The number of esters is 1. The minimum absolute atomic E-state index is 0.216. The van der Waals surface area contributed by atoms with Crippen molar-refractivity contribution in [3.63, 3.8) is 0 Å². The van der Waals surface area contributed by atoms with Gasteiger partial charge in [-0.15, -0.1) is 0 Å². The first-order valence-electron chi connectivity index (χ1n) is 9.86. The van der Waals surface area contributed by atoms with Crippen molar-refractivity contribution in [2.24, 2.45) is 5.92 Å². The maximum atomic E-state index is 13.0. The lowest BCUT2D eigenvalue weighted by atomic mass is 9.96. The summed E-state index contributed by atoms with van der Waals surface area (Å²) in [6.45, 7) is 6.84. The summed E-state index contributed by atoms with van der Waals surface area (Å²) in [4.78, 5) is 26.5. The van der Waals surface area contributed by atoms with Crippen molar-refractivity contribution in [1.82, 2.24) is 4.90 Å². The summed E-state index contributed by atoms with van der Waals surface area (Å²) in [5, 5.41) is 0. The van der Waals surface area contributed by atoms with Crippen molar-refractivity contribution < 1.29 is 27.5 Å². The molecule has 1 fully saturated rings. The number of nitrogens with zero attached hydrogens (tertiary/aromatic N) is 2. The average Bonchev–Trinajstić information content (AvgIpc) is 2.68. The highest BCUT2D eigenvalue weighted by Crippen LogP contribution is 2.26. The van der Waals surface area contributed by atoms with Crippen molar-refractivity contribution in [1.29, 1.82) is 0 Å². The number of benzene rings is 1. The van der Waals surface area contributed by atoms with E-state index in [4.69, 9.17) is 9.47 Å². The van der Waals surface area contributed by atoms with Gasteiger partial charge in [-0.05, 0) is 57.9 Å². The van der Waals surface area contributed by atoms with Crippen LogP contribution in [-0.2, 0) is 24.3 Å². The fourth-order valence-electron chi connectivity index (χ4n) is 3.52. The van der Waals surface area contributed by atoms with Crippen LogP contribution >= 0.6 is 0 Å². The van der Waals surface area contributed by atoms with Crippen LogP contribution in [0.4, 0.5) is 5.69 Å². The molecule has 2 rings (SSSR count). The van der Waals surface area contributed by atoms with E-state index in [1.54, 1.807) is 43.0 Å². The normalized spacial score (nSPS) is 16.2. The molecule has 1 aromatic carbocycles. The van der Waals surface area contributed by atoms with Crippen LogP contribution in [0.1, 0.15) is 33.6 Å². The quantitative estimate of drug-likeness (QED) is 0.591. The van der Waals surface area contributed by atoms with E-state index in [9.17, 15) is 18.0 Å². The fourth-order valence-corrected chi connectivity index (χ4v) is 4.69. The molecule has 0 aromatic heterocycles. The monoisotopic (exact) mass is 426 g/mol. The van der Waals surface area contributed by atoms with Gasteiger partial charge in [-0.25, -0.2) is 8.42 Å². The minimum Gasteiger partial charge on any atom is -0.494 e. The smallest absolute Gasteiger partial charge is 0.309 e. The third-order valence-electron chi connectivity index (χ3n) is 4.90. The second kappa shape index (κ2) is 9.96. The van der Waals surface area contributed by atoms with Gasteiger partial charge >= 0.3 is 5.97 Å². The number of hydrogen-bond acceptors (Lipinski definition) is 6. The Morgan fingerprint density at radius 2 is 1.72 bits per heavy atom. The zero-order valence-corrected chi connectivity index (χ0v) is 18.3. The molecule has 1 saturated heterocycles.